The molecular weight excluding hydrogens is 713 g/mol. The zero-order chi connectivity index (χ0) is 40.0. The summed E-state index contributed by atoms with van der Waals surface area (Å²) in [5.74, 6) is -0.0331. The minimum absolute atomic E-state index is 0.00113. The standard InChI is InChI=1S/C48H56N4O5/c1-34(36-14-6-5-7-15-36)52(2)32-41-30-45(38-24-22-35(33-53)23-25-38)57-48(56-41)39-28-26-37(27-29-39)42-17-11-10-16-40(42)31-50-46(54)20-8-3-4-9-21-47(55)51-44-19-13-12-18-43(44)49/h5-7,10-19,22-29,34,41,45,48,53H,3-4,8-9,20-21,30-33,49H2,1-2H3,(H,50,54)(H,51,55)/t34-,41-,45+,48+/m0/s1. The highest BCUT2D eigenvalue weighted by Crippen LogP contribution is 2.39. The number of rotatable bonds is 18. The summed E-state index contributed by atoms with van der Waals surface area (Å²) in [4.78, 5) is 27.4. The summed E-state index contributed by atoms with van der Waals surface area (Å²) in [6, 6.07) is 42.4. The van der Waals surface area contributed by atoms with E-state index in [4.69, 9.17) is 15.2 Å². The molecule has 1 aliphatic heterocycles. The first kappa shape index (κ1) is 41.3. The molecule has 0 radical (unpaired) electrons. The maximum atomic E-state index is 12.8. The van der Waals surface area contributed by atoms with Crippen LogP contribution < -0.4 is 16.4 Å². The van der Waals surface area contributed by atoms with Crippen molar-refractivity contribution in [2.45, 2.75) is 89.6 Å². The van der Waals surface area contributed by atoms with E-state index in [0.29, 0.717) is 37.2 Å². The number of likely N-dealkylation sites (N-methyl/N-ethyl adjacent to an activating group) is 1. The van der Waals surface area contributed by atoms with Crippen molar-refractivity contribution in [3.05, 3.63) is 155 Å². The van der Waals surface area contributed by atoms with E-state index in [1.54, 1.807) is 12.1 Å². The summed E-state index contributed by atoms with van der Waals surface area (Å²) in [5.41, 5.74) is 14.4. The van der Waals surface area contributed by atoms with Gasteiger partial charge in [-0.3, -0.25) is 14.5 Å². The van der Waals surface area contributed by atoms with Gasteiger partial charge in [0.1, 0.15) is 0 Å². The number of aliphatic hydroxyl groups is 1. The Balaban J connectivity index is 1.02. The second-order valence-corrected chi connectivity index (χ2v) is 15.0. The molecule has 9 heteroatoms. The first-order valence-electron chi connectivity index (χ1n) is 20.1. The summed E-state index contributed by atoms with van der Waals surface area (Å²) in [6.07, 6.45) is 4.07. The molecule has 1 saturated heterocycles. The zero-order valence-electron chi connectivity index (χ0n) is 33.1. The van der Waals surface area contributed by atoms with E-state index in [-0.39, 0.29) is 36.7 Å². The number of anilines is 2. The van der Waals surface area contributed by atoms with Gasteiger partial charge in [0.2, 0.25) is 11.8 Å². The summed E-state index contributed by atoms with van der Waals surface area (Å²) < 4.78 is 13.3. The van der Waals surface area contributed by atoms with Crippen LogP contribution in [0.4, 0.5) is 11.4 Å². The fourth-order valence-electron chi connectivity index (χ4n) is 7.30. The van der Waals surface area contributed by atoms with Crippen molar-refractivity contribution in [3.63, 3.8) is 0 Å². The van der Waals surface area contributed by atoms with E-state index < -0.39 is 6.29 Å². The van der Waals surface area contributed by atoms with Crippen molar-refractivity contribution in [3.8, 4) is 11.1 Å². The number of nitrogens with zero attached hydrogens (tertiary/aromatic N) is 1. The first-order valence-corrected chi connectivity index (χ1v) is 20.1. The Morgan fingerprint density at radius 3 is 2.14 bits per heavy atom. The fourth-order valence-corrected chi connectivity index (χ4v) is 7.30. The Bertz CT molecular complexity index is 2020. The largest absolute Gasteiger partial charge is 0.397 e. The summed E-state index contributed by atoms with van der Waals surface area (Å²) in [7, 11) is 2.14. The predicted molar refractivity (Wildman–Crippen MR) is 227 cm³/mol. The molecule has 1 heterocycles. The van der Waals surface area contributed by atoms with Gasteiger partial charge in [0.05, 0.1) is 30.2 Å². The van der Waals surface area contributed by atoms with Gasteiger partial charge in [-0.25, -0.2) is 0 Å². The van der Waals surface area contributed by atoms with Crippen LogP contribution in [0, 0.1) is 0 Å². The average Bonchev–Trinajstić information content (AvgIpc) is 3.25. The second-order valence-electron chi connectivity index (χ2n) is 15.0. The van der Waals surface area contributed by atoms with Crippen LogP contribution in [0.1, 0.15) is 98.1 Å². The van der Waals surface area contributed by atoms with E-state index in [0.717, 1.165) is 65.6 Å². The molecule has 9 nitrogen and oxygen atoms in total. The number of carbonyl (C=O) groups excluding carboxylic acids is 2. The lowest BCUT2D eigenvalue weighted by Crippen LogP contribution is -2.38. The highest BCUT2D eigenvalue weighted by Gasteiger charge is 2.33. The lowest BCUT2D eigenvalue weighted by molar-refractivity contribution is -0.253. The summed E-state index contributed by atoms with van der Waals surface area (Å²) in [6.45, 7) is 3.39. The van der Waals surface area contributed by atoms with Gasteiger partial charge >= 0.3 is 0 Å². The molecule has 5 aromatic rings. The molecule has 2 amide bonds. The number of nitrogens with one attached hydrogen (secondary N) is 2. The summed E-state index contributed by atoms with van der Waals surface area (Å²) in [5, 5.41) is 15.6. The van der Waals surface area contributed by atoms with Crippen LogP contribution in [0.5, 0.6) is 0 Å². The third-order valence-corrected chi connectivity index (χ3v) is 10.8. The van der Waals surface area contributed by atoms with Gasteiger partial charge in [0.25, 0.3) is 0 Å². The molecule has 6 rings (SSSR count). The molecule has 0 saturated carbocycles. The number of amides is 2. The molecule has 0 unspecified atom stereocenters. The topological polar surface area (TPSA) is 126 Å². The molecule has 0 aliphatic carbocycles. The number of aliphatic hydroxyl groups excluding tert-OH is 1. The van der Waals surface area contributed by atoms with Gasteiger partial charge in [0.15, 0.2) is 6.29 Å². The normalized spacial score (nSPS) is 17.2. The van der Waals surface area contributed by atoms with Crippen LogP contribution in [0.15, 0.2) is 127 Å². The van der Waals surface area contributed by atoms with Crippen LogP contribution in [-0.4, -0.2) is 41.5 Å². The molecule has 0 bridgehead atoms. The molecule has 5 N–H and O–H groups in total. The van der Waals surface area contributed by atoms with Crippen LogP contribution in [0.2, 0.25) is 0 Å². The summed E-state index contributed by atoms with van der Waals surface area (Å²) >= 11 is 0. The Morgan fingerprint density at radius 1 is 0.772 bits per heavy atom. The quantitative estimate of drug-likeness (QED) is 0.0517. The molecule has 0 aromatic heterocycles. The number of para-hydroxylation sites is 2. The molecule has 57 heavy (non-hydrogen) atoms. The molecule has 298 valence electrons. The first-order chi connectivity index (χ1) is 27.8. The van der Waals surface area contributed by atoms with E-state index in [2.05, 4.69) is 90.2 Å². The SMILES string of the molecule is C[C@@H](c1ccccc1)N(C)C[C@@H]1C[C@H](c2ccc(CO)cc2)O[C@H](c2ccc(-c3ccccc3CNC(=O)CCCCCCC(=O)Nc3ccccc3N)cc2)O1. The highest BCUT2D eigenvalue weighted by molar-refractivity contribution is 5.93. The zero-order valence-corrected chi connectivity index (χ0v) is 33.1. The minimum atomic E-state index is -0.555. The highest BCUT2D eigenvalue weighted by atomic mass is 16.7. The Labute approximate surface area is 337 Å². The number of ether oxygens (including phenoxy) is 2. The Morgan fingerprint density at radius 2 is 1.42 bits per heavy atom. The van der Waals surface area contributed by atoms with Crippen molar-refractivity contribution in [2.75, 3.05) is 24.6 Å². The van der Waals surface area contributed by atoms with Gasteiger partial charge in [-0.1, -0.05) is 128 Å². The predicted octanol–water partition coefficient (Wildman–Crippen LogP) is 9.26. The maximum absolute atomic E-state index is 12.8. The lowest BCUT2D eigenvalue weighted by atomic mass is 9.97. The number of benzene rings is 5. The van der Waals surface area contributed by atoms with E-state index >= 15 is 0 Å². The van der Waals surface area contributed by atoms with Crippen LogP contribution in [-0.2, 0) is 32.2 Å². The van der Waals surface area contributed by atoms with Crippen LogP contribution in [0.25, 0.3) is 11.1 Å². The van der Waals surface area contributed by atoms with Gasteiger partial charge < -0.3 is 30.9 Å². The Kier molecular flexibility index (Phi) is 15.0. The van der Waals surface area contributed by atoms with Gasteiger partial charge in [0, 0.05) is 44.0 Å². The van der Waals surface area contributed by atoms with Crippen LogP contribution >= 0.6 is 0 Å². The third-order valence-electron chi connectivity index (χ3n) is 10.8. The number of hydrogen-bond acceptors (Lipinski definition) is 7. The molecule has 4 atom stereocenters. The molecule has 1 fully saturated rings. The molecule has 5 aromatic carbocycles. The lowest BCUT2D eigenvalue weighted by Gasteiger charge is -2.39. The number of carbonyl (C=O) groups is 2. The maximum Gasteiger partial charge on any atom is 0.224 e. The number of hydrogen-bond donors (Lipinski definition) is 4. The van der Waals surface area contributed by atoms with E-state index in [9.17, 15) is 14.7 Å². The number of nitrogen functional groups attached to an aromatic ring is 1. The second kappa shape index (κ2) is 20.7. The third kappa shape index (κ3) is 11.8. The van der Waals surface area contributed by atoms with Crippen molar-refractivity contribution < 1.29 is 24.2 Å². The fraction of sp³-hybridized carbons (Fsp3) is 0.333. The van der Waals surface area contributed by atoms with Gasteiger partial charge in [-0.15, -0.1) is 0 Å². The van der Waals surface area contributed by atoms with Gasteiger partial charge in [-0.2, -0.15) is 0 Å². The van der Waals surface area contributed by atoms with Crippen molar-refractivity contribution in [1.82, 2.24) is 10.2 Å². The van der Waals surface area contributed by atoms with Crippen molar-refractivity contribution >= 4 is 23.2 Å². The van der Waals surface area contributed by atoms with Gasteiger partial charge in [-0.05, 0) is 72.3 Å². The smallest absolute Gasteiger partial charge is 0.224 e. The minimum Gasteiger partial charge on any atom is -0.397 e. The van der Waals surface area contributed by atoms with Crippen molar-refractivity contribution in [2.24, 2.45) is 0 Å². The van der Waals surface area contributed by atoms with Crippen molar-refractivity contribution in [1.29, 1.82) is 0 Å². The van der Waals surface area contributed by atoms with E-state index in [1.165, 1.54) is 5.56 Å². The molecule has 0 spiro atoms. The molecular formula is C48H56N4O5. The van der Waals surface area contributed by atoms with Crippen LogP contribution in [0.3, 0.4) is 0 Å². The number of unbranched alkanes of at least 4 members (excludes halogenated alkanes) is 3. The van der Waals surface area contributed by atoms with E-state index in [1.807, 2.05) is 54.6 Å². The number of nitrogens with two attached hydrogens (primary N) is 1. The monoisotopic (exact) mass is 768 g/mol. The average molecular weight is 769 g/mol. The molecule has 1 aliphatic rings. The Hall–Kier alpha value is -5.32.